The van der Waals surface area contributed by atoms with Gasteiger partial charge in [-0.1, -0.05) is 44.2 Å². The van der Waals surface area contributed by atoms with Crippen molar-refractivity contribution in [3.8, 4) is 0 Å². The van der Waals surface area contributed by atoms with Crippen LogP contribution in [0.1, 0.15) is 25.8 Å². The van der Waals surface area contributed by atoms with Gasteiger partial charge in [-0.3, -0.25) is 4.79 Å². The molecule has 0 bridgehead atoms. The van der Waals surface area contributed by atoms with Crippen LogP contribution in [0.3, 0.4) is 0 Å². The van der Waals surface area contributed by atoms with E-state index in [2.05, 4.69) is 24.3 Å². The van der Waals surface area contributed by atoms with Crippen molar-refractivity contribution in [2.75, 3.05) is 13.3 Å². The molecule has 4 nitrogen and oxygen atoms in total. The zero-order valence-corrected chi connectivity index (χ0v) is 13.6. The quantitative estimate of drug-likeness (QED) is 0.761. The summed E-state index contributed by atoms with van der Waals surface area (Å²) < 4.78 is 11.7. The highest BCUT2D eigenvalue weighted by Gasteiger charge is 2.22. The molecule has 0 saturated carbocycles. The van der Waals surface area contributed by atoms with Crippen LogP contribution >= 0.6 is 7.29 Å². The Morgan fingerprint density at radius 2 is 1.80 bits per heavy atom. The number of carbonyl (C=O) groups excluding carboxylic acids is 1. The van der Waals surface area contributed by atoms with E-state index < -0.39 is 7.29 Å². The summed E-state index contributed by atoms with van der Waals surface area (Å²) in [7, 11) is -2.55. The highest BCUT2D eigenvalue weighted by molar-refractivity contribution is 7.61. The summed E-state index contributed by atoms with van der Waals surface area (Å²) in [5.74, 6) is 0.213. The van der Waals surface area contributed by atoms with Gasteiger partial charge < -0.3 is 15.0 Å². The van der Waals surface area contributed by atoms with Crippen LogP contribution in [0.25, 0.3) is 0 Å². The second-order valence-corrected chi connectivity index (χ2v) is 8.80. The van der Waals surface area contributed by atoms with Gasteiger partial charge in [-0.25, -0.2) is 0 Å². The predicted octanol–water partition coefficient (Wildman–Crippen LogP) is 2.84. The van der Waals surface area contributed by atoms with E-state index in [1.54, 1.807) is 13.3 Å². The summed E-state index contributed by atoms with van der Waals surface area (Å²) in [4.78, 5) is 12.2. The van der Waals surface area contributed by atoms with E-state index in [0.717, 1.165) is 12.0 Å². The number of hydrogen-bond donors (Lipinski definition) is 2. The Kier molecular flexibility index (Phi) is 6.44. The number of hydrogen-bond acceptors (Lipinski definition) is 3. The Morgan fingerprint density at radius 3 is 2.30 bits per heavy atom. The first-order valence-corrected chi connectivity index (χ1v) is 9.52. The van der Waals surface area contributed by atoms with E-state index in [-0.39, 0.29) is 11.9 Å². The van der Waals surface area contributed by atoms with Crippen LogP contribution in [0, 0.1) is 5.92 Å². The summed E-state index contributed by atoms with van der Waals surface area (Å²) >= 11 is 0. The molecule has 0 aromatic heterocycles. The van der Waals surface area contributed by atoms with Crippen LogP contribution in [0.15, 0.2) is 30.3 Å². The van der Waals surface area contributed by atoms with E-state index in [1.807, 2.05) is 30.3 Å². The molecule has 0 aliphatic carbocycles. The summed E-state index contributed by atoms with van der Waals surface area (Å²) in [5, 5.41) is 5.87. The van der Waals surface area contributed by atoms with Crippen LogP contribution in [0.2, 0.25) is 0 Å². The number of nitrogens with one attached hydrogen (secondary N) is 2. The second-order valence-electron chi connectivity index (χ2n) is 5.88. The first-order valence-electron chi connectivity index (χ1n) is 6.92. The molecule has 1 unspecified atom stereocenters. The van der Waals surface area contributed by atoms with Gasteiger partial charge >= 0.3 is 0 Å². The highest BCUT2D eigenvalue weighted by Crippen LogP contribution is 2.29. The number of amides is 1. The lowest BCUT2D eigenvalue weighted by atomic mass is 10.0. The first kappa shape index (κ1) is 16.9. The summed E-state index contributed by atoms with van der Waals surface area (Å²) in [6.07, 6.45) is 0.721. The van der Waals surface area contributed by atoms with E-state index in [0.29, 0.717) is 12.5 Å². The Bertz CT molecular complexity index is 468. The van der Waals surface area contributed by atoms with Crippen molar-refractivity contribution in [2.45, 2.75) is 32.9 Å². The summed E-state index contributed by atoms with van der Waals surface area (Å²) in [5.41, 5.74) is 1.13. The zero-order valence-electron chi connectivity index (χ0n) is 12.7. The zero-order chi connectivity index (χ0) is 15.2. The number of carbonyl (C=O) groups is 1. The molecule has 0 radical (unpaired) electrons. The molecule has 1 aromatic carbocycles. The van der Waals surface area contributed by atoms with E-state index in [4.69, 9.17) is 0 Å². The summed E-state index contributed by atoms with van der Waals surface area (Å²) in [6, 6.07) is 9.63. The first-order chi connectivity index (χ1) is 9.28. The van der Waals surface area contributed by atoms with Crippen molar-refractivity contribution >= 4 is 13.2 Å². The maximum Gasteiger partial charge on any atom is 0.242 e. The molecule has 1 amide bonds. The lowest BCUT2D eigenvalue weighted by Gasteiger charge is -2.21. The fourth-order valence-corrected chi connectivity index (χ4v) is 2.62. The van der Waals surface area contributed by atoms with Gasteiger partial charge in [0.25, 0.3) is 0 Å². The van der Waals surface area contributed by atoms with Crippen LogP contribution in [-0.2, 0) is 15.9 Å². The maximum absolute atomic E-state index is 12.2. The Balaban J connectivity index is 2.64. The van der Waals surface area contributed by atoms with Crippen LogP contribution in [0.4, 0.5) is 0 Å². The molecule has 1 aromatic rings. The summed E-state index contributed by atoms with van der Waals surface area (Å²) in [6.45, 7) is 7.90. The average Bonchev–Trinajstić information content (AvgIpc) is 2.33. The van der Waals surface area contributed by atoms with Crippen molar-refractivity contribution < 1.29 is 9.36 Å². The third-order valence-electron chi connectivity index (χ3n) is 2.80. The van der Waals surface area contributed by atoms with Gasteiger partial charge in [-0.2, -0.15) is 0 Å². The van der Waals surface area contributed by atoms with Gasteiger partial charge in [0.05, 0.1) is 6.04 Å². The van der Waals surface area contributed by atoms with Gasteiger partial charge in [0.1, 0.15) is 0 Å². The molecular weight excluding hydrogens is 271 g/mol. The van der Waals surface area contributed by atoms with Crippen molar-refractivity contribution in [3.63, 3.8) is 0 Å². The molecular formula is C15H25N2O2P. The van der Waals surface area contributed by atoms with Crippen LogP contribution < -0.4 is 10.4 Å². The minimum atomic E-state index is -2.55. The molecule has 1 rings (SSSR count). The minimum Gasteiger partial charge on any atom is -0.306 e. The molecule has 0 spiro atoms. The third-order valence-corrected chi connectivity index (χ3v) is 3.56. The molecule has 0 heterocycles. The lowest BCUT2D eigenvalue weighted by Crippen LogP contribution is -2.43. The molecule has 0 fully saturated rings. The Hall–Kier alpha value is -1.12. The van der Waals surface area contributed by atoms with Gasteiger partial charge in [0.15, 0.2) is 7.29 Å². The molecule has 0 aliphatic heterocycles. The van der Waals surface area contributed by atoms with Gasteiger partial charge in [0.2, 0.25) is 5.91 Å². The smallest absolute Gasteiger partial charge is 0.242 e. The average molecular weight is 296 g/mol. The van der Waals surface area contributed by atoms with E-state index in [9.17, 15) is 9.36 Å². The molecule has 20 heavy (non-hydrogen) atoms. The second kappa shape index (κ2) is 7.61. The number of benzene rings is 1. The minimum absolute atomic E-state index is 0.178. The molecule has 5 heteroatoms. The molecule has 112 valence electrons. The lowest BCUT2D eigenvalue weighted by molar-refractivity contribution is -0.121. The third kappa shape index (κ3) is 6.88. The molecule has 0 aliphatic rings. The van der Waals surface area contributed by atoms with Gasteiger partial charge in [0, 0.05) is 19.9 Å². The highest BCUT2D eigenvalue weighted by atomic mass is 31.2. The van der Waals surface area contributed by atoms with Crippen molar-refractivity contribution in [1.29, 1.82) is 0 Å². The van der Waals surface area contributed by atoms with Crippen LogP contribution in [0.5, 0.6) is 0 Å². The van der Waals surface area contributed by atoms with Crippen molar-refractivity contribution in [3.05, 3.63) is 35.9 Å². The normalized spacial score (nSPS) is 13.2. The Morgan fingerprint density at radius 1 is 1.20 bits per heavy atom. The molecule has 2 N–H and O–H groups in total. The topological polar surface area (TPSA) is 58.2 Å². The fraction of sp³-hybridized carbons (Fsp3) is 0.533. The monoisotopic (exact) mass is 296 g/mol. The molecule has 0 saturated heterocycles. The Labute approximate surface area is 121 Å². The maximum atomic E-state index is 12.2. The fourth-order valence-electron chi connectivity index (χ4n) is 1.93. The van der Waals surface area contributed by atoms with Gasteiger partial charge in [-0.05, 0) is 17.9 Å². The van der Waals surface area contributed by atoms with Crippen molar-refractivity contribution in [1.82, 2.24) is 10.4 Å². The largest absolute Gasteiger partial charge is 0.306 e. The SMILES string of the molecule is CC(C)CC(NCc1ccccc1)C(=O)NP(C)(C)=O. The standard InChI is InChI=1S/C15H25N2O2P/c1-12(2)10-14(15(18)17-20(3,4)19)16-11-13-8-6-5-7-9-13/h5-9,12,14,16H,10-11H2,1-4H3,(H,17,18,19). The predicted molar refractivity (Wildman–Crippen MR) is 84.1 cm³/mol. The van der Waals surface area contributed by atoms with E-state index in [1.165, 1.54) is 0 Å². The van der Waals surface area contributed by atoms with Crippen molar-refractivity contribution in [2.24, 2.45) is 5.92 Å². The molecule has 1 atom stereocenters. The van der Waals surface area contributed by atoms with Gasteiger partial charge in [-0.15, -0.1) is 0 Å². The van der Waals surface area contributed by atoms with E-state index >= 15 is 0 Å². The number of rotatable bonds is 7. The van der Waals surface area contributed by atoms with Crippen LogP contribution in [-0.4, -0.2) is 25.3 Å².